The zero-order valence-corrected chi connectivity index (χ0v) is 22.1. The van der Waals surface area contributed by atoms with Crippen LogP contribution in [0.1, 0.15) is 16.7 Å². The quantitative estimate of drug-likeness (QED) is 0.227. The van der Waals surface area contributed by atoms with Gasteiger partial charge < -0.3 is 9.47 Å². The van der Waals surface area contributed by atoms with Gasteiger partial charge in [-0.05, 0) is 60.9 Å². The number of rotatable bonds is 7. The van der Waals surface area contributed by atoms with Crippen molar-refractivity contribution in [3.05, 3.63) is 105 Å². The van der Waals surface area contributed by atoms with Crippen molar-refractivity contribution in [3.63, 3.8) is 0 Å². The second kappa shape index (κ2) is 10.8. The van der Waals surface area contributed by atoms with Crippen molar-refractivity contribution in [2.45, 2.75) is 13.3 Å². The molecule has 1 amide bonds. The number of amides is 1. The van der Waals surface area contributed by atoms with Gasteiger partial charge >= 0.3 is 0 Å². The van der Waals surface area contributed by atoms with Crippen LogP contribution >= 0.6 is 24.0 Å². The number of pyridine rings is 1. The molecule has 38 heavy (non-hydrogen) atoms. The summed E-state index contributed by atoms with van der Waals surface area (Å²) < 4.78 is 27.1. The van der Waals surface area contributed by atoms with Crippen LogP contribution in [0.2, 0.25) is 0 Å². The Hall–Kier alpha value is -4.02. The number of carbonyl (C=O) groups is 1. The first-order valence-electron chi connectivity index (χ1n) is 11.7. The lowest BCUT2D eigenvalue weighted by atomic mass is 10.1. The number of halogens is 1. The molecule has 1 saturated heterocycles. The highest BCUT2D eigenvalue weighted by Gasteiger charge is 2.32. The number of fused-ring (bicyclic) bond motifs is 1. The average molecular weight is 548 g/mol. The minimum atomic E-state index is -0.602. The van der Waals surface area contributed by atoms with Crippen LogP contribution in [0.3, 0.4) is 0 Å². The second-order valence-electron chi connectivity index (χ2n) is 8.48. The number of para-hydroxylation sites is 1. The van der Waals surface area contributed by atoms with E-state index in [0.29, 0.717) is 22.9 Å². The van der Waals surface area contributed by atoms with Gasteiger partial charge in [0.15, 0.2) is 11.6 Å². The SMILES string of the molecule is COc1ccc(CCN2C(=O)/C(=C\c3c(Oc4ccccc4F)nc4c(C)cccn4c3=O)SC2=S)cc1. The van der Waals surface area contributed by atoms with Crippen LogP contribution in [0.15, 0.2) is 76.6 Å². The van der Waals surface area contributed by atoms with E-state index in [1.807, 2.05) is 37.3 Å². The summed E-state index contributed by atoms with van der Waals surface area (Å²) in [7, 11) is 1.60. The van der Waals surface area contributed by atoms with Crippen molar-refractivity contribution < 1.29 is 18.7 Å². The lowest BCUT2D eigenvalue weighted by molar-refractivity contribution is -0.122. The first-order valence-corrected chi connectivity index (χ1v) is 12.9. The Labute approximate surface area is 227 Å². The third-order valence-electron chi connectivity index (χ3n) is 6.02. The molecule has 1 aliphatic heterocycles. The van der Waals surface area contributed by atoms with E-state index in [1.54, 1.807) is 25.4 Å². The van der Waals surface area contributed by atoms with Crippen LogP contribution in [-0.2, 0) is 11.2 Å². The monoisotopic (exact) mass is 547 g/mol. The van der Waals surface area contributed by atoms with Crippen molar-refractivity contribution in [1.29, 1.82) is 0 Å². The van der Waals surface area contributed by atoms with E-state index in [-0.39, 0.29) is 28.0 Å². The molecule has 1 fully saturated rings. The number of thiocarbonyl (C=S) groups is 1. The summed E-state index contributed by atoms with van der Waals surface area (Å²) in [5.41, 5.74) is 1.70. The third kappa shape index (κ3) is 5.05. The number of methoxy groups -OCH3 is 1. The molecule has 2 aromatic carbocycles. The fourth-order valence-corrected chi connectivity index (χ4v) is 5.27. The Morgan fingerprint density at radius 1 is 1.08 bits per heavy atom. The van der Waals surface area contributed by atoms with Crippen molar-refractivity contribution in [1.82, 2.24) is 14.3 Å². The minimum absolute atomic E-state index is 0.0204. The number of hydrogen-bond donors (Lipinski definition) is 0. The molecule has 2 aromatic heterocycles. The molecule has 10 heteroatoms. The van der Waals surface area contributed by atoms with E-state index in [2.05, 4.69) is 4.98 Å². The fraction of sp³-hybridized carbons (Fsp3) is 0.143. The van der Waals surface area contributed by atoms with Gasteiger partial charge in [-0.3, -0.25) is 18.9 Å². The third-order valence-corrected chi connectivity index (χ3v) is 7.40. The topological polar surface area (TPSA) is 73.1 Å². The molecule has 1 aliphatic rings. The summed E-state index contributed by atoms with van der Waals surface area (Å²) in [5.74, 6) is -0.354. The van der Waals surface area contributed by atoms with Gasteiger partial charge in [0.2, 0.25) is 5.88 Å². The van der Waals surface area contributed by atoms with E-state index in [9.17, 15) is 14.0 Å². The van der Waals surface area contributed by atoms with Gasteiger partial charge in [-0.2, -0.15) is 4.98 Å². The second-order valence-corrected chi connectivity index (χ2v) is 10.2. The highest BCUT2D eigenvalue weighted by atomic mass is 32.2. The van der Waals surface area contributed by atoms with Crippen molar-refractivity contribution in [2.75, 3.05) is 13.7 Å². The Balaban J connectivity index is 1.50. The number of aryl methyl sites for hydroxylation is 1. The van der Waals surface area contributed by atoms with Gasteiger partial charge in [0.1, 0.15) is 21.3 Å². The smallest absolute Gasteiger partial charge is 0.269 e. The Kier molecular flexibility index (Phi) is 7.26. The fourth-order valence-electron chi connectivity index (χ4n) is 3.98. The first kappa shape index (κ1) is 25.6. The zero-order chi connectivity index (χ0) is 26.8. The molecule has 4 aromatic rings. The van der Waals surface area contributed by atoms with Crippen molar-refractivity contribution in [3.8, 4) is 17.4 Å². The van der Waals surface area contributed by atoms with Crippen LogP contribution in [0.4, 0.5) is 4.39 Å². The molecule has 192 valence electrons. The number of carbonyl (C=O) groups excluding carboxylic acids is 1. The van der Waals surface area contributed by atoms with Crippen LogP contribution in [0.25, 0.3) is 11.7 Å². The van der Waals surface area contributed by atoms with E-state index in [0.717, 1.165) is 28.6 Å². The first-order chi connectivity index (χ1) is 18.4. The Morgan fingerprint density at radius 3 is 2.58 bits per heavy atom. The highest BCUT2D eigenvalue weighted by molar-refractivity contribution is 8.26. The summed E-state index contributed by atoms with van der Waals surface area (Å²) in [6, 6.07) is 17.0. The summed E-state index contributed by atoms with van der Waals surface area (Å²) in [5, 5.41) is 0. The van der Waals surface area contributed by atoms with E-state index in [4.69, 9.17) is 21.7 Å². The average Bonchev–Trinajstić information content (AvgIpc) is 3.19. The van der Waals surface area contributed by atoms with Crippen LogP contribution in [-0.4, -0.2) is 38.2 Å². The summed E-state index contributed by atoms with van der Waals surface area (Å²) >= 11 is 6.57. The molecule has 0 radical (unpaired) electrons. The maximum absolute atomic E-state index is 14.4. The summed E-state index contributed by atoms with van der Waals surface area (Å²) in [6.45, 7) is 2.18. The number of nitrogens with zero attached hydrogens (tertiary/aromatic N) is 3. The molecule has 0 aliphatic carbocycles. The molecule has 0 saturated carbocycles. The number of aromatic nitrogens is 2. The maximum atomic E-state index is 14.4. The van der Waals surface area contributed by atoms with Gasteiger partial charge in [-0.15, -0.1) is 0 Å². The molecule has 0 atom stereocenters. The maximum Gasteiger partial charge on any atom is 0.269 e. The van der Waals surface area contributed by atoms with Gasteiger partial charge in [0, 0.05) is 12.7 Å². The summed E-state index contributed by atoms with van der Waals surface area (Å²) in [4.78, 5) is 33.1. The van der Waals surface area contributed by atoms with Gasteiger partial charge in [-0.25, -0.2) is 4.39 Å². The van der Waals surface area contributed by atoms with Gasteiger partial charge in [-0.1, -0.05) is 54.3 Å². The molecular formula is C28H22FN3O4S2. The van der Waals surface area contributed by atoms with Crippen LogP contribution in [0.5, 0.6) is 17.4 Å². The van der Waals surface area contributed by atoms with Crippen LogP contribution < -0.4 is 15.0 Å². The van der Waals surface area contributed by atoms with Gasteiger partial charge in [0.05, 0.1) is 12.0 Å². The lowest BCUT2D eigenvalue weighted by Gasteiger charge is -2.14. The predicted molar refractivity (Wildman–Crippen MR) is 149 cm³/mol. The minimum Gasteiger partial charge on any atom is -0.497 e. The van der Waals surface area contributed by atoms with E-state index >= 15 is 0 Å². The number of thioether (sulfide) groups is 1. The molecule has 0 unspecified atom stereocenters. The van der Waals surface area contributed by atoms with Crippen molar-refractivity contribution in [2.24, 2.45) is 0 Å². The highest BCUT2D eigenvalue weighted by Crippen LogP contribution is 2.34. The molecule has 0 N–H and O–H groups in total. The van der Waals surface area contributed by atoms with Crippen molar-refractivity contribution >= 4 is 45.9 Å². The molecule has 3 heterocycles. The predicted octanol–water partition coefficient (Wildman–Crippen LogP) is 5.39. The standard InChI is InChI=1S/C28H22FN3O4S2/c1-17-6-5-14-31-24(17)30-25(36-22-8-4-3-7-21(22)29)20(26(31)33)16-23-27(34)32(28(37)38-23)15-13-18-9-11-19(35-2)12-10-18/h3-12,14,16H,13,15H2,1-2H3/b23-16+. The molecule has 5 rings (SSSR count). The number of ether oxygens (including phenoxy) is 2. The number of hydrogen-bond acceptors (Lipinski definition) is 7. The van der Waals surface area contributed by atoms with E-state index in [1.165, 1.54) is 33.6 Å². The Morgan fingerprint density at radius 2 is 1.84 bits per heavy atom. The van der Waals surface area contributed by atoms with E-state index < -0.39 is 11.4 Å². The normalized spacial score (nSPS) is 14.5. The zero-order valence-electron chi connectivity index (χ0n) is 20.5. The largest absolute Gasteiger partial charge is 0.497 e. The summed E-state index contributed by atoms with van der Waals surface area (Å²) in [6.07, 6.45) is 3.60. The Bertz CT molecular complexity index is 1650. The molecular weight excluding hydrogens is 525 g/mol. The molecule has 0 spiro atoms. The molecule has 7 nitrogen and oxygen atoms in total. The molecule has 0 bridgehead atoms. The number of benzene rings is 2. The lowest BCUT2D eigenvalue weighted by Crippen LogP contribution is -2.30. The van der Waals surface area contributed by atoms with Gasteiger partial charge in [0.25, 0.3) is 11.5 Å². The van der Waals surface area contributed by atoms with Crippen LogP contribution in [0, 0.1) is 12.7 Å².